The van der Waals surface area contributed by atoms with Crippen molar-refractivity contribution in [1.82, 2.24) is 0 Å². The summed E-state index contributed by atoms with van der Waals surface area (Å²) in [6.07, 6.45) is -1.96. The second kappa shape index (κ2) is 4.82. The van der Waals surface area contributed by atoms with Crippen molar-refractivity contribution in [3.63, 3.8) is 0 Å². The topological polar surface area (TPSA) is 57.5 Å². The number of aliphatic hydroxyl groups excluding tert-OH is 2. The van der Waals surface area contributed by atoms with Gasteiger partial charge in [0.15, 0.2) is 5.78 Å². The van der Waals surface area contributed by atoms with Crippen LogP contribution in [-0.2, 0) is 4.79 Å². The van der Waals surface area contributed by atoms with Crippen LogP contribution >= 0.6 is 15.9 Å². The van der Waals surface area contributed by atoms with Crippen LogP contribution < -0.4 is 0 Å². The molecule has 2 atom stereocenters. The van der Waals surface area contributed by atoms with Crippen molar-refractivity contribution in [2.45, 2.75) is 25.6 Å². The number of ketones is 1. The molecule has 0 bridgehead atoms. The Labute approximate surface area is 68.2 Å². The number of rotatable bonds is 4. The van der Waals surface area contributed by atoms with E-state index in [0.29, 0.717) is 0 Å². The van der Waals surface area contributed by atoms with E-state index in [1.807, 2.05) is 0 Å². The number of alkyl halides is 1. The summed E-state index contributed by atoms with van der Waals surface area (Å²) in [7, 11) is 0. The molecular weight excluding hydrogens is 200 g/mol. The van der Waals surface area contributed by atoms with Gasteiger partial charge in [0.2, 0.25) is 0 Å². The van der Waals surface area contributed by atoms with Crippen LogP contribution in [-0.4, -0.2) is 33.5 Å². The first-order chi connectivity index (χ1) is 4.63. The summed E-state index contributed by atoms with van der Waals surface area (Å²) in [5.74, 6) is -0.327. The smallest absolute Gasteiger partial charge is 0.163 e. The first-order valence-corrected chi connectivity index (χ1v) is 4.20. The molecule has 0 saturated carbocycles. The van der Waals surface area contributed by atoms with E-state index in [0.717, 1.165) is 0 Å². The van der Waals surface area contributed by atoms with Crippen LogP contribution in [0.5, 0.6) is 0 Å². The molecule has 0 saturated heterocycles. The van der Waals surface area contributed by atoms with Gasteiger partial charge in [-0.25, -0.2) is 0 Å². The van der Waals surface area contributed by atoms with E-state index < -0.39 is 12.2 Å². The molecule has 0 aliphatic rings. The fourth-order valence-electron chi connectivity index (χ4n) is 0.508. The zero-order valence-corrected chi connectivity index (χ0v) is 7.34. The lowest BCUT2D eigenvalue weighted by molar-refractivity contribution is -0.131. The minimum atomic E-state index is -1.23. The van der Waals surface area contributed by atoms with Gasteiger partial charge in [0.1, 0.15) is 6.10 Å². The molecule has 0 fully saturated rings. The van der Waals surface area contributed by atoms with Crippen LogP contribution in [0.1, 0.15) is 13.3 Å². The lowest BCUT2D eigenvalue weighted by Crippen LogP contribution is -2.34. The van der Waals surface area contributed by atoms with Crippen molar-refractivity contribution in [2.75, 3.05) is 5.33 Å². The second-order valence-electron chi connectivity index (χ2n) is 1.99. The molecule has 0 rings (SSSR count). The van der Waals surface area contributed by atoms with Crippen molar-refractivity contribution < 1.29 is 15.0 Å². The van der Waals surface area contributed by atoms with E-state index in [9.17, 15) is 4.79 Å². The molecule has 0 heterocycles. The van der Waals surface area contributed by atoms with Gasteiger partial charge in [0.25, 0.3) is 0 Å². The Kier molecular flexibility index (Phi) is 4.85. The molecule has 0 aliphatic heterocycles. The third-order valence-electron chi connectivity index (χ3n) is 1.20. The number of carbonyl (C=O) groups is 1. The zero-order chi connectivity index (χ0) is 8.15. The first kappa shape index (κ1) is 10.1. The molecule has 0 spiro atoms. The van der Waals surface area contributed by atoms with Crippen molar-refractivity contribution >= 4 is 21.7 Å². The van der Waals surface area contributed by atoms with E-state index >= 15 is 0 Å². The highest BCUT2D eigenvalue weighted by Crippen LogP contribution is 2.00. The van der Waals surface area contributed by atoms with Gasteiger partial charge in [-0.15, -0.1) is 0 Å². The Balaban J connectivity index is 3.81. The summed E-state index contributed by atoms with van der Waals surface area (Å²) in [6.45, 7) is 1.65. The van der Waals surface area contributed by atoms with Crippen LogP contribution in [0.15, 0.2) is 0 Å². The number of carbonyl (C=O) groups excluding carboxylic acids is 1. The SMILES string of the molecule is CCC(=O)[C@@H](O)[C@H](O)CBr. The maximum atomic E-state index is 10.7. The number of halogens is 1. The molecule has 10 heavy (non-hydrogen) atoms. The largest absolute Gasteiger partial charge is 0.389 e. The fourth-order valence-corrected chi connectivity index (χ4v) is 0.862. The molecular formula is C6H11BrO3. The second-order valence-corrected chi connectivity index (χ2v) is 2.63. The lowest BCUT2D eigenvalue weighted by atomic mass is 10.1. The quantitative estimate of drug-likeness (QED) is 0.647. The molecule has 0 radical (unpaired) electrons. The Morgan fingerprint density at radius 2 is 2.10 bits per heavy atom. The van der Waals surface area contributed by atoms with E-state index in [1.165, 1.54) is 0 Å². The lowest BCUT2D eigenvalue weighted by Gasteiger charge is -2.12. The number of hydrogen-bond acceptors (Lipinski definition) is 3. The van der Waals surface area contributed by atoms with Crippen LogP contribution in [0.4, 0.5) is 0 Å². The summed E-state index contributed by atoms with van der Waals surface area (Å²) in [6, 6.07) is 0. The molecule has 0 unspecified atom stereocenters. The summed E-state index contributed by atoms with van der Waals surface area (Å²) in [5, 5.41) is 18.1. The summed E-state index contributed by atoms with van der Waals surface area (Å²) in [5.41, 5.74) is 0. The zero-order valence-electron chi connectivity index (χ0n) is 5.75. The molecule has 0 aromatic carbocycles. The molecule has 0 aromatic rings. The van der Waals surface area contributed by atoms with Gasteiger partial charge < -0.3 is 10.2 Å². The van der Waals surface area contributed by atoms with Crippen LogP contribution in [0.3, 0.4) is 0 Å². The van der Waals surface area contributed by atoms with Gasteiger partial charge in [0, 0.05) is 11.8 Å². The van der Waals surface area contributed by atoms with Gasteiger partial charge in [0.05, 0.1) is 6.10 Å². The number of Topliss-reactive ketones (excluding diaryl/α,β-unsaturated/α-hetero) is 1. The van der Waals surface area contributed by atoms with Gasteiger partial charge in [-0.2, -0.15) is 0 Å². The number of hydrogen-bond donors (Lipinski definition) is 2. The Hall–Kier alpha value is 0.0700. The average molecular weight is 211 g/mol. The molecule has 0 amide bonds. The average Bonchev–Trinajstić information content (AvgIpc) is 2.00. The monoisotopic (exact) mass is 210 g/mol. The maximum Gasteiger partial charge on any atom is 0.163 e. The van der Waals surface area contributed by atoms with Crippen LogP contribution in [0.25, 0.3) is 0 Å². The van der Waals surface area contributed by atoms with Gasteiger partial charge in [-0.3, -0.25) is 4.79 Å². The predicted octanol–water partition coefficient (Wildman–Crippen LogP) is 0.0822. The Morgan fingerprint density at radius 1 is 1.60 bits per heavy atom. The van der Waals surface area contributed by atoms with Gasteiger partial charge >= 0.3 is 0 Å². The van der Waals surface area contributed by atoms with Crippen molar-refractivity contribution in [1.29, 1.82) is 0 Å². The highest BCUT2D eigenvalue weighted by atomic mass is 79.9. The highest BCUT2D eigenvalue weighted by molar-refractivity contribution is 9.09. The highest BCUT2D eigenvalue weighted by Gasteiger charge is 2.20. The van der Waals surface area contributed by atoms with Crippen LogP contribution in [0, 0.1) is 0 Å². The van der Waals surface area contributed by atoms with E-state index in [-0.39, 0.29) is 17.5 Å². The summed E-state index contributed by atoms with van der Waals surface area (Å²) in [4.78, 5) is 10.7. The third-order valence-corrected chi connectivity index (χ3v) is 1.86. The van der Waals surface area contributed by atoms with E-state index in [1.54, 1.807) is 6.92 Å². The maximum absolute atomic E-state index is 10.7. The molecule has 0 aromatic heterocycles. The minimum Gasteiger partial charge on any atom is -0.389 e. The fraction of sp³-hybridized carbons (Fsp3) is 0.833. The van der Waals surface area contributed by atoms with Crippen molar-refractivity contribution in [3.05, 3.63) is 0 Å². The minimum absolute atomic E-state index is 0.222. The van der Waals surface area contributed by atoms with Crippen LogP contribution in [0.2, 0.25) is 0 Å². The molecule has 4 heteroatoms. The van der Waals surface area contributed by atoms with Gasteiger partial charge in [-0.1, -0.05) is 22.9 Å². The number of aliphatic hydroxyl groups is 2. The molecule has 3 nitrogen and oxygen atoms in total. The standard InChI is InChI=1S/C6H11BrO3/c1-2-4(8)6(10)5(9)3-7/h5-6,9-10H,2-3H2,1H3/t5-,6-/m1/s1. The van der Waals surface area contributed by atoms with E-state index in [4.69, 9.17) is 10.2 Å². The summed E-state index contributed by atoms with van der Waals surface area (Å²) >= 11 is 2.95. The van der Waals surface area contributed by atoms with Crippen molar-refractivity contribution in [2.24, 2.45) is 0 Å². The van der Waals surface area contributed by atoms with E-state index in [2.05, 4.69) is 15.9 Å². The van der Waals surface area contributed by atoms with Gasteiger partial charge in [-0.05, 0) is 0 Å². The molecule has 60 valence electrons. The predicted molar refractivity (Wildman–Crippen MR) is 41.1 cm³/mol. The molecule has 2 N–H and O–H groups in total. The summed E-state index contributed by atoms with van der Waals surface area (Å²) < 4.78 is 0. The normalized spacial score (nSPS) is 16.4. The van der Waals surface area contributed by atoms with Crippen molar-refractivity contribution in [3.8, 4) is 0 Å². The Bertz CT molecular complexity index is 116. The first-order valence-electron chi connectivity index (χ1n) is 3.08. The Morgan fingerprint density at radius 3 is 2.40 bits per heavy atom. The molecule has 0 aliphatic carbocycles. The third kappa shape index (κ3) is 2.77.